The molecule has 0 radical (unpaired) electrons. The van der Waals surface area contributed by atoms with Gasteiger partial charge in [0.05, 0.1) is 30.7 Å². The Kier molecular flexibility index (Phi) is 6.36. The minimum Gasteiger partial charge on any atom is -0.491 e. The zero-order valence-corrected chi connectivity index (χ0v) is 11.5. The summed E-state index contributed by atoms with van der Waals surface area (Å²) in [6, 6.07) is 5.78. The van der Waals surface area contributed by atoms with Crippen LogP contribution in [0.5, 0.6) is 5.75 Å². The molecule has 0 heterocycles. The molecule has 102 valence electrons. The van der Waals surface area contributed by atoms with Gasteiger partial charge in [-0.25, -0.2) is 0 Å². The van der Waals surface area contributed by atoms with Crippen LogP contribution in [0.25, 0.3) is 0 Å². The van der Waals surface area contributed by atoms with Gasteiger partial charge in [0.1, 0.15) is 5.75 Å². The van der Waals surface area contributed by atoms with Crippen molar-refractivity contribution in [3.05, 3.63) is 18.2 Å². The fourth-order valence-corrected chi connectivity index (χ4v) is 1.52. The van der Waals surface area contributed by atoms with E-state index in [1.165, 1.54) is 0 Å². The number of para-hydroxylation sites is 1. The maximum absolute atomic E-state index is 6.04. The number of nitrogens with two attached hydrogens (primary N) is 1. The molecule has 1 rings (SSSR count). The van der Waals surface area contributed by atoms with E-state index in [1.807, 2.05) is 32.0 Å². The first-order chi connectivity index (χ1) is 8.65. The van der Waals surface area contributed by atoms with E-state index >= 15 is 0 Å². The maximum Gasteiger partial charge on any atom is 0.144 e. The Morgan fingerprint density at radius 2 is 2.06 bits per heavy atom. The minimum atomic E-state index is 0.253. The zero-order valence-electron chi connectivity index (χ0n) is 11.5. The van der Waals surface area contributed by atoms with Crippen molar-refractivity contribution < 1.29 is 9.47 Å². The number of hydrogen-bond donors (Lipinski definition) is 2. The second kappa shape index (κ2) is 7.82. The van der Waals surface area contributed by atoms with Gasteiger partial charge in [-0.15, -0.1) is 0 Å². The molecule has 18 heavy (non-hydrogen) atoms. The summed E-state index contributed by atoms with van der Waals surface area (Å²) in [6.07, 6.45) is 1.22. The number of rotatable bonds is 8. The lowest BCUT2D eigenvalue weighted by molar-refractivity contribution is 0.0870. The van der Waals surface area contributed by atoms with E-state index in [-0.39, 0.29) is 6.10 Å². The van der Waals surface area contributed by atoms with Crippen LogP contribution in [0.2, 0.25) is 0 Å². The van der Waals surface area contributed by atoms with E-state index in [0.29, 0.717) is 18.9 Å². The number of benzene rings is 1. The molecule has 0 bridgehead atoms. The highest BCUT2D eigenvalue weighted by atomic mass is 16.5. The average molecular weight is 252 g/mol. The molecule has 1 aromatic rings. The SMILES string of the molecule is CCCOc1cccc(NCCOC(C)C)c1N. The Hall–Kier alpha value is -1.42. The number of nitrogens with one attached hydrogen (secondary N) is 1. The summed E-state index contributed by atoms with van der Waals surface area (Å²) >= 11 is 0. The second-order valence-electron chi connectivity index (χ2n) is 4.41. The maximum atomic E-state index is 6.04. The van der Waals surface area contributed by atoms with E-state index in [0.717, 1.165) is 24.4 Å². The molecule has 3 N–H and O–H groups in total. The second-order valence-corrected chi connectivity index (χ2v) is 4.41. The topological polar surface area (TPSA) is 56.5 Å². The summed E-state index contributed by atoms with van der Waals surface area (Å²) in [5, 5.41) is 3.26. The normalized spacial score (nSPS) is 10.7. The molecule has 0 atom stereocenters. The first-order valence-electron chi connectivity index (χ1n) is 6.52. The van der Waals surface area contributed by atoms with Crippen LogP contribution in [0.3, 0.4) is 0 Å². The Morgan fingerprint density at radius 3 is 2.72 bits per heavy atom. The highest BCUT2D eigenvalue weighted by Crippen LogP contribution is 2.29. The molecule has 0 spiro atoms. The third-order valence-corrected chi connectivity index (χ3v) is 2.40. The van der Waals surface area contributed by atoms with Crippen molar-refractivity contribution in [2.75, 3.05) is 30.8 Å². The number of ether oxygens (including phenoxy) is 2. The van der Waals surface area contributed by atoms with Gasteiger partial charge in [-0.2, -0.15) is 0 Å². The molecule has 0 aliphatic carbocycles. The van der Waals surface area contributed by atoms with Crippen LogP contribution in [-0.2, 0) is 4.74 Å². The molecule has 0 saturated heterocycles. The monoisotopic (exact) mass is 252 g/mol. The predicted molar refractivity (Wildman–Crippen MR) is 76.2 cm³/mol. The highest BCUT2D eigenvalue weighted by molar-refractivity contribution is 5.72. The molecular formula is C14H24N2O2. The predicted octanol–water partition coefficient (Wildman–Crippen LogP) is 2.89. The van der Waals surface area contributed by atoms with Crippen molar-refractivity contribution in [3.63, 3.8) is 0 Å². The van der Waals surface area contributed by atoms with Gasteiger partial charge in [0.15, 0.2) is 0 Å². The first kappa shape index (κ1) is 14.6. The van der Waals surface area contributed by atoms with Gasteiger partial charge < -0.3 is 20.5 Å². The van der Waals surface area contributed by atoms with Crippen LogP contribution in [0.1, 0.15) is 27.2 Å². The molecule has 4 nitrogen and oxygen atoms in total. The Bertz CT molecular complexity index is 354. The van der Waals surface area contributed by atoms with Gasteiger partial charge in [0, 0.05) is 6.54 Å². The van der Waals surface area contributed by atoms with Gasteiger partial charge in [-0.05, 0) is 32.4 Å². The van der Waals surface area contributed by atoms with E-state index in [4.69, 9.17) is 15.2 Å². The van der Waals surface area contributed by atoms with Gasteiger partial charge in [-0.3, -0.25) is 0 Å². The lowest BCUT2D eigenvalue weighted by Crippen LogP contribution is -2.14. The summed E-state index contributed by atoms with van der Waals surface area (Å²) in [4.78, 5) is 0. The fourth-order valence-electron chi connectivity index (χ4n) is 1.52. The van der Waals surface area contributed by atoms with Crippen molar-refractivity contribution in [2.45, 2.75) is 33.3 Å². The fraction of sp³-hybridized carbons (Fsp3) is 0.571. The summed E-state index contributed by atoms with van der Waals surface area (Å²) < 4.78 is 11.0. The molecular weight excluding hydrogens is 228 g/mol. The van der Waals surface area contributed by atoms with Crippen molar-refractivity contribution in [3.8, 4) is 5.75 Å². The molecule has 4 heteroatoms. The van der Waals surface area contributed by atoms with Crippen LogP contribution in [0.15, 0.2) is 18.2 Å². The Balaban J connectivity index is 2.49. The number of nitrogen functional groups attached to an aromatic ring is 1. The van der Waals surface area contributed by atoms with Crippen LogP contribution in [0, 0.1) is 0 Å². The molecule has 0 amide bonds. The van der Waals surface area contributed by atoms with E-state index in [2.05, 4.69) is 12.2 Å². The summed E-state index contributed by atoms with van der Waals surface area (Å²) in [6.45, 7) is 8.20. The van der Waals surface area contributed by atoms with Crippen LogP contribution >= 0.6 is 0 Å². The molecule has 0 unspecified atom stereocenters. The summed E-state index contributed by atoms with van der Waals surface area (Å²) in [5.41, 5.74) is 7.60. The third-order valence-electron chi connectivity index (χ3n) is 2.40. The molecule has 0 aromatic heterocycles. The van der Waals surface area contributed by atoms with Crippen molar-refractivity contribution in [2.24, 2.45) is 0 Å². The minimum absolute atomic E-state index is 0.253. The lowest BCUT2D eigenvalue weighted by atomic mass is 10.2. The molecule has 0 fully saturated rings. The Morgan fingerprint density at radius 1 is 1.28 bits per heavy atom. The average Bonchev–Trinajstić information content (AvgIpc) is 2.34. The molecule has 0 aliphatic rings. The van der Waals surface area contributed by atoms with Crippen LogP contribution < -0.4 is 15.8 Å². The van der Waals surface area contributed by atoms with Crippen LogP contribution in [-0.4, -0.2) is 25.9 Å². The smallest absolute Gasteiger partial charge is 0.144 e. The van der Waals surface area contributed by atoms with Gasteiger partial charge in [0.25, 0.3) is 0 Å². The van der Waals surface area contributed by atoms with Gasteiger partial charge in [-0.1, -0.05) is 13.0 Å². The summed E-state index contributed by atoms with van der Waals surface area (Å²) in [7, 11) is 0. The molecule has 0 aliphatic heterocycles. The standard InChI is InChI=1S/C14H24N2O2/c1-4-9-18-13-7-5-6-12(14(13)15)16-8-10-17-11(2)3/h5-7,11,16H,4,8-10,15H2,1-3H3. The molecule has 0 saturated carbocycles. The third kappa shape index (κ3) is 4.84. The van der Waals surface area contributed by atoms with Crippen molar-refractivity contribution >= 4 is 11.4 Å². The quantitative estimate of drug-likeness (QED) is 0.552. The van der Waals surface area contributed by atoms with E-state index in [9.17, 15) is 0 Å². The van der Waals surface area contributed by atoms with Gasteiger partial charge >= 0.3 is 0 Å². The highest BCUT2D eigenvalue weighted by Gasteiger charge is 2.05. The van der Waals surface area contributed by atoms with Crippen LogP contribution in [0.4, 0.5) is 11.4 Å². The summed E-state index contributed by atoms with van der Waals surface area (Å²) in [5.74, 6) is 0.742. The molecule has 1 aromatic carbocycles. The lowest BCUT2D eigenvalue weighted by Gasteiger charge is -2.14. The zero-order chi connectivity index (χ0) is 13.4. The van der Waals surface area contributed by atoms with E-state index < -0.39 is 0 Å². The van der Waals surface area contributed by atoms with Gasteiger partial charge in [0.2, 0.25) is 0 Å². The van der Waals surface area contributed by atoms with E-state index in [1.54, 1.807) is 0 Å². The van der Waals surface area contributed by atoms with Crippen molar-refractivity contribution in [1.82, 2.24) is 0 Å². The van der Waals surface area contributed by atoms with Crippen molar-refractivity contribution in [1.29, 1.82) is 0 Å². The largest absolute Gasteiger partial charge is 0.491 e. The first-order valence-corrected chi connectivity index (χ1v) is 6.52. The number of anilines is 2. The Labute approximate surface area is 109 Å². The number of hydrogen-bond acceptors (Lipinski definition) is 4.